The van der Waals surface area contributed by atoms with Crippen LogP contribution in [0.4, 0.5) is 0 Å². The van der Waals surface area contributed by atoms with Crippen LogP contribution in [0.3, 0.4) is 0 Å². The average Bonchev–Trinajstić information content (AvgIpc) is 2.59. The van der Waals surface area contributed by atoms with E-state index in [4.69, 9.17) is 28.5 Å². The molecule has 1 aliphatic rings. The van der Waals surface area contributed by atoms with E-state index in [0.717, 1.165) is 6.42 Å². The molecule has 3 rings (SSSR count). The maximum atomic E-state index is 12.8. The molecule has 0 bridgehead atoms. The molecule has 0 spiro atoms. The molecule has 0 N–H and O–H groups in total. The molecule has 24 heavy (non-hydrogen) atoms. The number of halogens is 2. The molecule has 1 atom stereocenters. The van der Waals surface area contributed by atoms with E-state index in [-0.39, 0.29) is 23.4 Å². The van der Waals surface area contributed by atoms with Gasteiger partial charge in [0, 0.05) is 11.6 Å². The Hall–Kier alpha value is -2.02. The van der Waals surface area contributed by atoms with Crippen LogP contribution in [-0.4, -0.2) is 17.4 Å². The molecule has 0 fully saturated rings. The molecule has 2 aromatic carbocycles. The lowest BCUT2D eigenvalue weighted by Crippen LogP contribution is -2.39. The Balaban J connectivity index is 1.86. The number of rotatable bonds is 2. The van der Waals surface area contributed by atoms with Crippen molar-refractivity contribution in [2.45, 2.75) is 25.8 Å². The lowest BCUT2D eigenvalue weighted by Gasteiger charge is -2.35. The molecule has 0 radical (unpaired) electrons. The van der Waals surface area contributed by atoms with Crippen molar-refractivity contribution in [2.75, 3.05) is 6.54 Å². The fourth-order valence-corrected chi connectivity index (χ4v) is 3.76. The third kappa shape index (κ3) is 3.00. The van der Waals surface area contributed by atoms with Crippen molar-refractivity contribution < 1.29 is 4.79 Å². The van der Waals surface area contributed by atoms with E-state index >= 15 is 0 Å². The minimum atomic E-state index is -0.0316. The van der Waals surface area contributed by atoms with Gasteiger partial charge in [0.1, 0.15) is 6.07 Å². The van der Waals surface area contributed by atoms with Gasteiger partial charge in [0.2, 0.25) is 5.91 Å². The normalized spacial score (nSPS) is 16.4. The second-order valence-corrected chi connectivity index (χ2v) is 6.67. The molecule has 1 heterocycles. The number of amides is 1. The summed E-state index contributed by atoms with van der Waals surface area (Å²) in [4.78, 5) is 14.7. The third-order valence-electron chi connectivity index (χ3n) is 4.55. The summed E-state index contributed by atoms with van der Waals surface area (Å²) in [6.07, 6.45) is 0.936. The molecule has 0 unspecified atom stereocenters. The van der Waals surface area contributed by atoms with Crippen LogP contribution in [0, 0.1) is 11.3 Å². The Morgan fingerprint density at radius 3 is 2.79 bits per heavy atom. The zero-order valence-electron chi connectivity index (χ0n) is 13.2. The van der Waals surface area contributed by atoms with Gasteiger partial charge in [-0.2, -0.15) is 5.26 Å². The number of nitrogens with zero attached hydrogens (tertiary/aromatic N) is 2. The topological polar surface area (TPSA) is 44.1 Å². The molecule has 0 saturated heterocycles. The van der Waals surface area contributed by atoms with Gasteiger partial charge in [-0.25, -0.2) is 0 Å². The van der Waals surface area contributed by atoms with Crippen molar-refractivity contribution in [3.05, 3.63) is 68.7 Å². The number of benzene rings is 2. The number of hydrogen-bond acceptors (Lipinski definition) is 2. The van der Waals surface area contributed by atoms with E-state index in [1.54, 1.807) is 12.1 Å². The Labute approximate surface area is 151 Å². The third-order valence-corrected chi connectivity index (χ3v) is 5.34. The van der Waals surface area contributed by atoms with Crippen molar-refractivity contribution in [2.24, 2.45) is 0 Å². The fourth-order valence-electron chi connectivity index (χ4n) is 3.21. The van der Waals surface area contributed by atoms with Crippen LogP contribution in [0.15, 0.2) is 36.4 Å². The van der Waals surface area contributed by atoms with Crippen LogP contribution >= 0.6 is 23.2 Å². The predicted molar refractivity (Wildman–Crippen MR) is 95.2 cm³/mol. The van der Waals surface area contributed by atoms with Crippen LogP contribution in [0.5, 0.6) is 0 Å². The maximum Gasteiger partial charge on any atom is 0.227 e. The summed E-state index contributed by atoms with van der Waals surface area (Å²) < 4.78 is 0. The predicted octanol–water partition coefficient (Wildman–Crippen LogP) is 4.55. The highest BCUT2D eigenvalue weighted by Gasteiger charge is 2.28. The molecular formula is C19H16Cl2N2O. The molecule has 5 heteroatoms. The van der Waals surface area contributed by atoms with Crippen molar-refractivity contribution in [1.82, 2.24) is 4.90 Å². The first-order chi connectivity index (χ1) is 11.5. The fraction of sp³-hybridized carbons (Fsp3) is 0.263. The molecule has 0 saturated carbocycles. The van der Waals surface area contributed by atoms with Crippen LogP contribution in [0.2, 0.25) is 10.0 Å². The molecule has 3 nitrogen and oxygen atoms in total. The van der Waals surface area contributed by atoms with Crippen molar-refractivity contribution in [3.63, 3.8) is 0 Å². The first-order valence-electron chi connectivity index (χ1n) is 7.77. The van der Waals surface area contributed by atoms with E-state index in [1.807, 2.05) is 30.0 Å². The largest absolute Gasteiger partial charge is 0.335 e. The van der Waals surface area contributed by atoms with E-state index in [2.05, 4.69) is 12.1 Å². The van der Waals surface area contributed by atoms with Gasteiger partial charge < -0.3 is 4.90 Å². The molecule has 0 aliphatic carbocycles. The van der Waals surface area contributed by atoms with Crippen LogP contribution in [0.25, 0.3) is 0 Å². The van der Waals surface area contributed by atoms with E-state index in [9.17, 15) is 4.79 Å². The number of nitriles is 1. The van der Waals surface area contributed by atoms with E-state index < -0.39 is 0 Å². The van der Waals surface area contributed by atoms with Crippen LogP contribution < -0.4 is 0 Å². The first-order valence-corrected chi connectivity index (χ1v) is 8.52. The smallest absolute Gasteiger partial charge is 0.227 e. The van der Waals surface area contributed by atoms with Crippen molar-refractivity contribution in [3.8, 4) is 6.07 Å². The Morgan fingerprint density at radius 1 is 1.29 bits per heavy atom. The highest BCUT2D eigenvalue weighted by molar-refractivity contribution is 6.37. The second kappa shape index (κ2) is 6.84. The van der Waals surface area contributed by atoms with Gasteiger partial charge in [-0.3, -0.25) is 4.79 Å². The molecule has 1 amide bonds. The second-order valence-electron chi connectivity index (χ2n) is 5.89. The van der Waals surface area contributed by atoms with Gasteiger partial charge in [0.05, 0.1) is 23.0 Å². The molecule has 1 aliphatic heterocycles. The Kier molecular flexibility index (Phi) is 4.80. The standard InChI is InChI=1S/C19H16Cl2N2O/c1-12-15-5-3-2-4-13(15)8-9-23(12)18(24)10-16-17(20)7-6-14(11-22)19(16)21/h2-7,12H,8-10H2,1H3/t12-/m0/s1. The Bertz CT molecular complexity index is 842. The summed E-state index contributed by atoms with van der Waals surface area (Å²) in [6.45, 7) is 2.70. The number of carbonyl (C=O) groups excluding carboxylic acids is 1. The van der Waals surface area contributed by atoms with Gasteiger partial charge >= 0.3 is 0 Å². The molecule has 2 aromatic rings. The summed E-state index contributed by atoms with van der Waals surface area (Å²) in [5.41, 5.74) is 3.33. The maximum absolute atomic E-state index is 12.8. The molecular weight excluding hydrogens is 343 g/mol. The minimum absolute atomic E-state index is 0.0131. The lowest BCUT2D eigenvalue weighted by atomic mass is 9.93. The van der Waals surface area contributed by atoms with Crippen LogP contribution in [-0.2, 0) is 17.6 Å². The van der Waals surface area contributed by atoms with Gasteiger partial charge in [-0.15, -0.1) is 0 Å². The zero-order chi connectivity index (χ0) is 17.3. The number of hydrogen-bond donors (Lipinski definition) is 0. The van der Waals surface area contributed by atoms with Gasteiger partial charge in [0.25, 0.3) is 0 Å². The first kappa shape index (κ1) is 16.8. The summed E-state index contributed by atoms with van der Waals surface area (Å²) in [7, 11) is 0. The molecule has 0 aromatic heterocycles. The lowest BCUT2D eigenvalue weighted by molar-refractivity contribution is -0.133. The van der Waals surface area contributed by atoms with E-state index in [0.29, 0.717) is 22.7 Å². The Morgan fingerprint density at radius 2 is 2.04 bits per heavy atom. The number of carbonyl (C=O) groups is 1. The monoisotopic (exact) mass is 358 g/mol. The molecule has 122 valence electrons. The summed E-state index contributed by atoms with van der Waals surface area (Å²) in [5, 5.41) is 9.78. The van der Waals surface area contributed by atoms with Gasteiger partial charge in [0.15, 0.2) is 0 Å². The average molecular weight is 359 g/mol. The van der Waals surface area contributed by atoms with Gasteiger partial charge in [-0.05, 0) is 42.2 Å². The van der Waals surface area contributed by atoms with Crippen molar-refractivity contribution >= 4 is 29.1 Å². The summed E-state index contributed by atoms with van der Waals surface area (Å²) >= 11 is 12.4. The number of fused-ring (bicyclic) bond motifs is 1. The van der Waals surface area contributed by atoms with E-state index in [1.165, 1.54) is 11.1 Å². The van der Waals surface area contributed by atoms with Crippen LogP contribution in [0.1, 0.15) is 35.2 Å². The summed E-state index contributed by atoms with van der Waals surface area (Å²) in [5.74, 6) is -0.0316. The highest BCUT2D eigenvalue weighted by Crippen LogP contribution is 2.32. The van der Waals surface area contributed by atoms with Gasteiger partial charge in [-0.1, -0.05) is 47.5 Å². The summed E-state index contributed by atoms with van der Waals surface area (Å²) in [6, 6.07) is 13.4. The minimum Gasteiger partial charge on any atom is -0.335 e. The highest BCUT2D eigenvalue weighted by atomic mass is 35.5. The van der Waals surface area contributed by atoms with Crippen molar-refractivity contribution in [1.29, 1.82) is 5.26 Å². The zero-order valence-corrected chi connectivity index (χ0v) is 14.7. The SMILES string of the molecule is C[C@H]1c2ccccc2CCN1C(=O)Cc1c(Cl)ccc(C#N)c1Cl. The quantitative estimate of drug-likeness (QED) is 0.789.